The Kier molecular flexibility index (Phi) is 6.43. The zero-order chi connectivity index (χ0) is 18.2. The molecule has 1 aromatic carbocycles. The standard InChI is InChI=1S/C18H28N8/c19-16-22-17(20)24-18(23-16)21-9-5-2-6-10-25-11-13-26(14-12-25)15-7-3-1-4-8-15/h1,3-4,7-8H,2,5-6,9-14H2,(H5,19,20,21,22,23,24). The summed E-state index contributed by atoms with van der Waals surface area (Å²) < 4.78 is 0. The number of hydrogen-bond donors (Lipinski definition) is 3. The average Bonchev–Trinajstić information content (AvgIpc) is 2.65. The zero-order valence-corrected chi connectivity index (χ0v) is 15.1. The van der Waals surface area contributed by atoms with Gasteiger partial charge in [0.1, 0.15) is 0 Å². The molecule has 0 spiro atoms. The first kappa shape index (κ1) is 18.2. The fourth-order valence-corrected chi connectivity index (χ4v) is 3.19. The fourth-order valence-electron chi connectivity index (χ4n) is 3.19. The Morgan fingerprint density at radius 3 is 2.23 bits per heavy atom. The molecule has 1 saturated heterocycles. The average molecular weight is 356 g/mol. The first-order valence-electron chi connectivity index (χ1n) is 9.24. The van der Waals surface area contributed by atoms with Gasteiger partial charge in [-0.05, 0) is 31.5 Å². The third kappa shape index (κ3) is 5.45. The van der Waals surface area contributed by atoms with Gasteiger partial charge in [-0.1, -0.05) is 24.6 Å². The van der Waals surface area contributed by atoms with E-state index in [1.54, 1.807) is 0 Å². The topological polar surface area (TPSA) is 109 Å². The predicted molar refractivity (Wildman–Crippen MR) is 106 cm³/mol. The van der Waals surface area contributed by atoms with E-state index in [2.05, 4.69) is 60.4 Å². The number of nitrogens with two attached hydrogens (primary N) is 2. The van der Waals surface area contributed by atoms with E-state index in [4.69, 9.17) is 11.5 Å². The maximum atomic E-state index is 5.55. The number of nitrogen functional groups attached to an aromatic ring is 2. The molecule has 2 heterocycles. The van der Waals surface area contributed by atoms with Crippen LogP contribution in [-0.4, -0.2) is 59.1 Å². The van der Waals surface area contributed by atoms with E-state index >= 15 is 0 Å². The summed E-state index contributed by atoms with van der Waals surface area (Å²) in [7, 11) is 0. The van der Waals surface area contributed by atoms with Crippen LogP contribution in [0.2, 0.25) is 0 Å². The minimum absolute atomic E-state index is 0.148. The van der Waals surface area contributed by atoms with E-state index in [0.29, 0.717) is 5.95 Å². The summed E-state index contributed by atoms with van der Waals surface area (Å²) in [5.41, 5.74) is 12.4. The summed E-state index contributed by atoms with van der Waals surface area (Å²) in [6.07, 6.45) is 3.44. The van der Waals surface area contributed by atoms with Gasteiger partial charge in [-0.3, -0.25) is 4.90 Å². The van der Waals surface area contributed by atoms with E-state index in [9.17, 15) is 0 Å². The lowest BCUT2D eigenvalue weighted by molar-refractivity contribution is 0.252. The second-order valence-corrected chi connectivity index (χ2v) is 6.53. The van der Waals surface area contributed by atoms with Gasteiger partial charge in [-0.25, -0.2) is 0 Å². The Bertz CT molecular complexity index is 650. The van der Waals surface area contributed by atoms with Gasteiger partial charge in [-0.2, -0.15) is 15.0 Å². The Morgan fingerprint density at radius 2 is 1.54 bits per heavy atom. The summed E-state index contributed by atoms with van der Waals surface area (Å²) in [5, 5.41) is 3.15. The van der Waals surface area contributed by atoms with Crippen molar-refractivity contribution in [1.82, 2.24) is 19.9 Å². The van der Waals surface area contributed by atoms with Crippen molar-refractivity contribution in [3.8, 4) is 0 Å². The molecule has 1 aliphatic heterocycles. The van der Waals surface area contributed by atoms with Crippen LogP contribution in [-0.2, 0) is 0 Å². The highest BCUT2D eigenvalue weighted by Crippen LogP contribution is 2.15. The Balaban J connectivity index is 1.27. The number of piperazine rings is 1. The summed E-state index contributed by atoms with van der Waals surface area (Å²) in [6.45, 7) is 6.45. The minimum Gasteiger partial charge on any atom is -0.369 e. The zero-order valence-electron chi connectivity index (χ0n) is 15.1. The van der Waals surface area contributed by atoms with Gasteiger partial charge in [0.25, 0.3) is 0 Å². The van der Waals surface area contributed by atoms with Crippen molar-refractivity contribution in [3.63, 3.8) is 0 Å². The van der Waals surface area contributed by atoms with Crippen molar-refractivity contribution in [2.24, 2.45) is 0 Å². The molecule has 2 aromatic rings. The molecule has 0 atom stereocenters. The van der Waals surface area contributed by atoms with Crippen molar-refractivity contribution in [3.05, 3.63) is 30.3 Å². The van der Waals surface area contributed by atoms with Gasteiger partial charge in [0.15, 0.2) is 0 Å². The largest absolute Gasteiger partial charge is 0.369 e. The Labute approximate surface area is 154 Å². The molecular formula is C18H28N8. The quantitative estimate of drug-likeness (QED) is 0.610. The number of anilines is 4. The van der Waals surface area contributed by atoms with Crippen LogP contribution in [0.4, 0.5) is 23.5 Å². The van der Waals surface area contributed by atoms with Gasteiger partial charge >= 0.3 is 0 Å². The molecule has 8 heteroatoms. The van der Waals surface area contributed by atoms with Crippen LogP contribution in [0.1, 0.15) is 19.3 Å². The van der Waals surface area contributed by atoms with Gasteiger partial charge in [0.2, 0.25) is 17.8 Å². The first-order valence-corrected chi connectivity index (χ1v) is 9.24. The van der Waals surface area contributed by atoms with Crippen LogP contribution in [0.15, 0.2) is 30.3 Å². The second-order valence-electron chi connectivity index (χ2n) is 6.53. The molecule has 26 heavy (non-hydrogen) atoms. The normalized spacial score (nSPS) is 15.2. The number of rotatable bonds is 8. The van der Waals surface area contributed by atoms with Crippen LogP contribution < -0.4 is 21.7 Å². The molecule has 0 unspecified atom stereocenters. The molecule has 0 radical (unpaired) electrons. The molecule has 1 aromatic heterocycles. The lowest BCUT2D eigenvalue weighted by atomic mass is 10.2. The maximum Gasteiger partial charge on any atom is 0.229 e. The van der Waals surface area contributed by atoms with Gasteiger partial charge in [-0.15, -0.1) is 0 Å². The second kappa shape index (κ2) is 9.19. The van der Waals surface area contributed by atoms with Crippen LogP contribution in [0.25, 0.3) is 0 Å². The molecule has 3 rings (SSSR count). The Hall–Kier alpha value is -2.61. The molecule has 0 amide bonds. The van der Waals surface area contributed by atoms with E-state index < -0.39 is 0 Å². The molecule has 1 aliphatic rings. The van der Waals surface area contributed by atoms with Crippen LogP contribution in [0.5, 0.6) is 0 Å². The van der Waals surface area contributed by atoms with Gasteiger partial charge < -0.3 is 21.7 Å². The van der Waals surface area contributed by atoms with Crippen molar-refractivity contribution >= 4 is 23.5 Å². The highest BCUT2D eigenvalue weighted by atomic mass is 15.3. The van der Waals surface area contributed by atoms with Gasteiger partial charge in [0.05, 0.1) is 0 Å². The summed E-state index contributed by atoms with van der Waals surface area (Å²) in [4.78, 5) is 16.8. The monoisotopic (exact) mass is 356 g/mol. The maximum absolute atomic E-state index is 5.55. The third-order valence-electron chi connectivity index (χ3n) is 4.60. The summed E-state index contributed by atoms with van der Waals surface area (Å²) >= 11 is 0. The number of nitrogens with zero attached hydrogens (tertiary/aromatic N) is 5. The lowest BCUT2D eigenvalue weighted by Gasteiger charge is -2.36. The number of nitrogens with one attached hydrogen (secondary N) is 1. The van der Waals surface area contributed by atoms with E-state index in [1.807, 2.05) is 0 Å². The van der Waals surface area contributed by atoms with Crippen molar-refractivity contribution in [2.45, 2.75) is 19.3 Å². The molecule has 0 bridgehead atoms. The smallest absolute Gasteiger partial charge is 0.229 e. The number of benzene rings is 1. The summed E-state index contributed by atoms with van der Waals surface area (Å²) in [6, 6.07) is 10.7. The molecule has 0 saturated carbocycles. The number of hydrogen-bond acceptors (Lipinski definition) is 8. The molecule has 8 nitrogen and oxygen atoms in total. The Morgan fingerprint density at radius 1 is 0.846 bits per heavy atom. The molecule has 5 N–H and O–H groups in total. The van der Waals surface area contributed by atoms with Crippen LogP contribution >= 0.6 is 0 Å². The molecule has 1 fully saturated rings. The SMILES string of the molecule is Nc1nc(N)nc(NCCCCCN2CCN(c3ccccc3)CC2)n1. The fraction of sp³-hybridized carbons (Fsp3) is 0.500. The van der Waals surface area contributed by atoms with Crippen molar-refractivity contribution < 1.29 is 0 Å². The minimum atomic E-state index is 0.148. The highest BCUT2D eigenvalue weighted by Gasteiger charge is 2.16. The molecular weight excluding hydrogens is 328 g/mol. The van der Waals surface area contributed by atoms with Crippen LogP contribution in [0.3, 0.4) is 0 Å². The van der Waals surface area contributed by atoms with E-state index in [1.165, 1.54) is 18.5 Å². The predicted octanol–water partition coefficient (Wildman–Crippen LogP) is 1.44. The van der Waals surface area contributed by atoms with E-state index in [0.717, 1.165) is 45.7 Å². The van der Waals surface area contributed by atoms with Crippen molar-refractivity contribution in [2.75, 3.05) is 61.0 Å². The van der Waals surface area contributed by atoms with Crippen molar-refractivity contribution in [1.29, 1.82) is 0 Å². The molecule has 0 aliphatic carbocycles. The number of para-hydroxylation sites is 1. The third-order valence-corrected chi connectivity index (χ3v) is 4.60. The van der Waals surface area contributed by atoms with E-state index in [-0.39, 0.29) is 11.9 Å². The van der Waals surface area contributed by atoms with Gasteiger partial charge in [0, 0.05) is 38.4 Å². The number of unbranched alkanes of at least 4 members (excludes halogenated alkanes) is 2. The molecule has 140 valence electrons. The first-order chi connectivity index (χ1) is 12.7. The number of aromatic nitrogens is 3. The highest BCUT2D eigenvalue weighted by molar-refractivity contribution is 5.46. The lowest BCUT2D eigenvalue weighted by Crippen LogP contribution is -2.46. The summed E-state index contributed by atoms with van der Waals surface area (Å²) in [5.74, 6) is 0.747. The van der Waals surface area contributed by atoms with Crippen LogP contribution in [0, 0.1) is 0 Å².